The zero-order valence-corrected chi connectivity index (χ0v) is 22.0. The molecule has 0 unspecified atom stereocenters. The lowest BCUT2D eigenvalue weighted by Crippen LogP contribution is -2.18. The van der Waals surface area contributed by atoms with E-state index in [9.17, 15) is 24.5 Å². The molecule has 13 nitrogen and oxygen atoms in total. The second-order valence-corrected chi connectivity index (χ2v) is 7.93. The van der Waals surface area contributed by atoms with Gasteiger partial charge < -0.3 is 24.3 Å². The first kappa shape index (κ1) is 29.1. The minimum absolute atomic E-state index is 0.0255. The second-order valence-electron chi connectivity index (χ2n) is 7.93. The number of nitro benzene ring substituents is 1. The molecule has 0 spiro atoms. The smallest absolute Gasteiger partial charge is 0.344 e. The molecule has 2 N–H and O–H groups in total. The van der Waals surface area contributed by atoms with Crippen molar-refractivity contribution in [3.05, 3.63) is 81.4 Å². The number of hydrogen-bond acceptors (Lipinski definition) is 10. The van der Waals surface area contributed by atoms with Crippen LogP contribution in [0.3, 0.4) is 0 Å². The van der Waals surface area contributed by atoms with E-state index in [1.807, 2.05) is 0 Å². The lowest BCUT2D eigenvalue weighted by atomic mass is 10.1. The number of carbonyl (C=O) groups excluding carboxylic acids is 3. The number of nitrogens with one attached hydrogen (secondary N) is 2. The number of anilines is 1. The van der Waals surface area contributed by atoms with Gasteiger partial charge in [-0.2, -0.15) is 5.10 Å². The molecule has 0 saturated carbocycles. The van der Waals surface area contributed by atoms with Crippen molar-refractivity contribution < 1.29 is 38.3 Å². The van der Waals surface area contributed by atoms with E-state index in [0.717, 1.165) is 12.3 Å². The van der Waals surface area contributed by atoms with E-state index in [1.54, 1.807) is 19.1 Å². The fourth-order valence-corrected chi connectivity index (χ4v) is 3.43. The fraction of sp³-hybridized carbons (Fsp3) is 0.185. The number of carbonyl (C=O) groups is 3. The normalized spacial score (nSPS) is 10.5. The third kappa shape index (κ3) is 6.89. The van der Waals surface area contributed by atoms with E-state index in [2.05, 4.69) is 15.8 Å². The number of rotatable bonds is 11. The number of hydrazone groups is 1. The number of nitro groups is 1. The summed E-state index contributed by atoms with van der Waals surface area (Å²) in [4.78, 5) is 48.0. The standard InChI is InChI=1S/C27H26N4O9/c1-5-23(32)29-19-11-9-16(10-12-19)26(33)30-28-15-17-7-6-8-20(31(35)36)24(17)40-27(34)18-13-21(37-2)25(39-4)22(14-18)38-3/h6-15H,5H2,1-4H3,(H,29,32)(H,30,33)/b28-15+. The first-order valence-corrected chi connectivity index (χ1v) is 11.7. The average molecular weight is 551 g/mol. The number of esters is 1. The summed E-state index contributed by atoms with van der Waals surface area (Å²) in [6.07, 6.45) is 1.42. The molecule has 208 valence electrons. The molecule has 3 aromatic rings. The average Bonchev–Trinajstić information content (AvgIpc) is 2.96. The fourth-order valence-electron chi connectivity index (χ4n) is 3.43. The lowest BCUT2D eigenvalue weighted by molar-refractivity contribution is -0.385. The molecule has 0 radical (unpaired) electrons. The summed E-state index contributed by atoms with van der Waals surface area (Å²) >= 11 is 0. The van der Waals surface area contributed by atoms with Gasteiger partial charge in [0, 0.05) is 29.3 Å². The molecule has 3 aromatic carbocycles. The Kier molecular flexibility index (Phi) is 9.73. The van der Waals surface area contributed by atoms with E-state index in [4.69, 9.17) is 18.9 Å². The Hall–Kier alpha value is -5.46. The summed E-state index contributed by atoms with van der Waals surface area (Å²) in [6.45, 7) is 1.72. The van der Waals surface area contributed by atoms with E-state index < -0.39 is 22.5 Å². The van der Waals surface area contributed by atoms with Gasteiger partial charge in [-0.25, -0.2) is 10.2 Å². The lowest BCUT2D eigenvalue weighted by Gasteiger charge is -2.14. The number of benzene rings is 3. The van der Waals surface area contributed by atoms with Crippen LogP contribution in [-0.2, 0) is 4.79 Å². The molecule has 0 fully saturated rings. The van der Waals surface area contributed by atoms with Crippen LogP contribution in [0.25, 0.3) is 0 Å². The highest BCUT2D eigenvalue weighted by atomic mass is 16.6. The molecular formula is C27H26N4O9. The predicted molar refractivity (Wildman–Crippen MR) is 145 cm³/mol. The van der Waals surface area contributed by atoms with Crippen molar-refractivity contribution in [3.63, 3.8) is 0 Å². The number of para-hydroxylation sites is 1. The molecule has 0 bridgehead atoms. The van der Waals surface area contributed by atoms with Crippen LogP contribution in [0.1, 0.15) is 39.6 Å². The Balaban J connectivity index is 1.84. The van der Waals surface area contributed by atoms with Crippen LogP contribution in [0.4, 0.5) is 11.4 Å². The van der Waals surface area contributed by atoms with Crippen molar-refractivity contribution in [1.82, 2.24) is 5.43 Å². The summed E-state index contributed by atoms with van der Waals surface area (Å²) in [5, 5.41) is 18.2. The van der Waals surface area contributed by atoms with Crippen LogP contribution in [0, 0.1) is 10.1 Å². The van der Waals surface area contributed by atoms with Gasteiger partial charge in [-0.3, -0.25) is 19.7 Å². The van der Waals surface area contributed by atoms with Crippen LogP contribution in [-0.4, -0.2) is 50.3 Å². The second kappa shape index (κ2) is 13.4. The molecule has 0 aliphatic rings. The topological polar surface area (TPSA) is 168 Å². The number of methoxy groups -OCH3 is 3. The summed E-state index contributed by atoms with van der Waals surface area (Å²) in [6, 6.07) is 12.7. The Morgan fingerprint density at radius 2 is 1.57 bits per heavy atom. The maximum atomic E-state index is 13.0. The van der Waals surface area contributed by atoms with Crippen molar-refractivity contribution in [2.24, 2.45) is 5.10 Å². The van der Waals surface area contributed by atoms with Crippen molar-refractivity contribution in [2.75, 3.05) is 26.6 Å². The molecule has 0 aliphatic carbocycles. The highest BCUT2D eigenvalue weighted by Gasteiger charge is 2.24. The first-order valence-electron chi connectivity index (χ1n) is 11.7. The summed E-state index contributed by atoms with van der Waals surface area (Å²) in [5.74, 6) is -1.46. The molecule has 13 heteroatoms. The van der Waals surface area contributed by atoms with E-state index in [1.165, 1.54) is 57.7 Å². The Labute approximate surface area is 228 Å². The van der Waals surface area contributed by atoms with Crippen LogP contribution in [0.2, 0.25) is 0 Å². The van der Waals surface area contributed by atoms with Gasteiger partial charge in [0.2, 0.25) is 17.4 Å². The summed E-state index contributed by atoms with van der Waals surface area (Å²) in [5.41, 5.74) is 2.61. The molecule has 40 heavy (non-hydrogen) atoms. The van der Waals surface area contributed by atoms with Gasteiger partial charge in [0.1, 0.15) is 0 Å². The zero-order chi connectivity index (χ0) is 29.2. The van der Waals surface area contributed by atoms with Crippen molar-refractivity contribution in [2.45, 2.75) is 13.3 Å². The Morgan fingerprint density at radius 1 is 0.925 bits per heavy atom. The SMILES string of the molecule is CCC(=O)Nc1ccc(C(=O)N/N=C/c2cccc([N+](=O)[O-])c2OC(=O)c2cc(OC)c(OC)c(OC)c2)cc1. The molecule has 0 aliphatic heterocycles. The molecule has 0 heterocycles. The van der Waals surface area contributed by atoms with Gasteiger partial charge in [0.15, 0.2) is 11.5 Å². The van der Waals surface area contributed by atoms with Gasteiger partial charge in [0.05, 0.1) is 38.0 Å². The third-order valence-corrected chi connectivity index (χ3v) is 5.44. The van der Waals surface area contributed by atoms with E-state index in [0.29, 0.717) is 12.1 Å². The molecule has 0 atom stereocenters. The highest BCUT2D eigenvalue weighted by Crippen LogP contribution is 2.39. The molecular weight excluding hydrogens is 524 g/mol. The van der Waals surface area contributed by atoms with E-state index in [-0.39, 0.29) is 45.6 Å². The van der Waals surface area contributed by atoms with Crippen LogP contribution >= 0.6 is 0 Å². The highest BCUT2D eigenvalue weighted by molar-refractivity contribution is 5.98. The summed E-state index contributed by atoms with van der Waals surface area (Å²) in [7, 11) is 4.14. The monoisotopic (exact) mass is 550 g/mol. The maximum Gasteiger partial charge on any atom is 0.344 e. The zero-order valence-electron chi connectivity index (χ0n) is 22.0. The Morgan fingerprint density at radius 3 is 2.12 bits per heavy atom. The molecule has 0 saturated heterocycles. The van der Waals surface area contributed by atoms with Crippen molar-refractivity contribution in [3.8, 4) is 23.0 Å². The van der Waals surface area contributed by atoms with Crippen molar-refractivity contribution in [1.29, 1.82) is 0 Å². The summed E-state index contributed by atoms with van der Waals surface area (Å²) < 4.78 is 21.2. The number of hydrogen-bond donors (Lipinski definition) is 2. The molecule has 3 rings (SSSR count). The number of ether oxygens (including phenoxy) is 4. The van der Waals surface area contributed by atoms with Crippen LogP contribution < -0.4 is 29.7 Å². The number of amides is 2. The maximum absolute atomic E-state index is 13.0. The molecule has 0 aromatic heterocycles. The third-order valence-electron chi connectivity index (χ3n) is 5.44. The molecule has 2 amide bonds. The quantitative estimate of drug-likeness (QED) is 0.118. The Bertz CT molecular complexity index is 1430. The van der Waals surface area contributed by atoms with Gasteiger partial charge >= 0.3 is 11.7 Å². The predicted octanol–water partition coefficient (Wildman–Crippen LogP) is 3.95. The number of nitrogens with zero attached hydrogens (tertiary/aromatic N) is 2. The minimum atomic E-state index is -0.942. The van der Waals surface area contributed by atoms with Crippen LogP contribution in [0.5, 0.6) is 23.0 Å². The van der Waals surface area contributed by atoms with Crippen LogP contribution in [0.15, 0.2) is 59.7 Å². The van der Waals surface area contributed by atoms with Gasteiger partial charge in [-0.15, -0.1) is 0 Å². The van der Waals surface area contributed by atoms with Gasteiger partial charge in [-0.05, 0) is 42.5 Å². The van der Waals surface area contributed by atoms with Gasteiger partial charge in [0.25, 0.3) is 5.91 Å². The van der Waals surface area contributed by atoms with Crippen molar-refractivity contribution >= 4 is 35.4 Å². The minimum Gasteiger partial charge on any atom is -0.493 e. The van der Waals surface area contributed by atoms with E-state index >= 15 is 0 Å². The first-order chi connectivity index (χ1) is 19.2. The largest absolute Gasteiger partial charge is 0.493 e. The van der Waals surface area contributed by atoms with Gasteiger partial charge in [-0.1, -0.05) is 13.0 Å².